The van der Waals surface area contributed by atoms with Crippen molar-refractivity contribution in [1.29, 1.82) is 0 Å². The second kappa shape index (κ2) is 11.5. The van der Waals surface area contributed by atoms with Gasteiger partial charge in [-0.3, -0.25) is 0 Å². The minimum atomic E-state index is -3.41. The van der Waals surface area contributed by atoms with Gasteiger partial charge >= 0.3 is 19.7 Å². The van der Waals surface area contributed by atoms with Crippen LogP contribution in [-0.4, -0.2) is 6.29 Å². The van der Waals surface area contributed by atoms with Crippen molar-refractivity contribution in [3.8, 4) is 5.75 Å². The molecule has 0 saturated carbocycles. The molecule has 4 rings (SSSR count). The molecular weight excluding hydrogens is 403 g/mol. The quantitative estimate of drug-likeness (QED) is 0.150. The lowest BCUT2D eigenvalue weighted by Gasteiger charge is -2.19. The predicted molar refractivity (Wildman–Crippen MR) is 116 cm³/mol. The van der Waals surface area contributed by atoms with Gasteiger partial charge < -0.3 is 23.0 Å². The van der Waals surface area contributed by atoms with Gasteiger partial charge in [0.05, 0.1) is 0 Å². The van der Waals surface area contributed by atoms with Crippen molar-refractivity contribution in [1.82, 2.24) is 0 Å². The molecule has 1 unspecified atom stereocenters. The maximum absolute atomic E-state index is 11.7. The number of aryl methyl sites for hydroxylation is 1. The Morgan fingerprint density at radius 2 is 1.43 bits per heavy atom. The van der Waals surface area contributed by atoms with Gasteiger partial charge in [0.2, 0.25) is 6.29 Å². The van der Waals surface area contributed by atoms with E-state index in [0.29, 0.717) is 6.42 Å². The van der Waals surface area contributed by atoms with Crippen LogP contribution >= 0.6 is 7.82 Å². The fourth-order valence-corrected chi connectivity index (χ4v) is 4.49. The summed E-state index contributed by atoms with van der Waals surface area (Å²) in [6.45, 7) is 4.40. The number of benzene rings is 1. The highest BCUT2D eigenvalue weighted by Gasteiger charge is 2.58. The van der Waals surface area contributed by atoms with Gasteiger partial charge in [-0.25, -0.2) is 0 Å². The number of hydrogen-bond donors (Lipinski definition) is 0. The first-order valence-electron chi connectivity index (χ1n) is 11.5. The zero-order valence-electron chi connectivity index (χ0n) is 18.3. The average Bonchev–Trinajstić information content (AvgIpc) is 3.20. The van der Waals surface area contributed by atoms with Crippen LogP contribution in [0.25, 0.3) is 0 Å². The fourth-order valence-electron chi connectivity index (χ4n) is 3.53. The number of unbranched alkanes of at least 4 members (excludes halogenated alkanes) is 8. The molecule has 0 amide bonds. The Labute approximate surface area is 180 Å². The number of fused-ring (bicyclic) bond motifs is 1. The van der Waals surface area contributed by atoms with Crippen molar-refractivity contribution in [3.63, 3.8) is 0 Å². The normalized spacial score (nSPS) is 16.9. The summed E-state index contributed by atoms with van der Waals surface area (Å²) in [4.78, 5) is 0. The zero-order valence-corrected chi connectivity index (χ0v) is 19.2. The van der Waals surface area contributed by atoms with Crippen molar-refractivity contribution in [2.24, 2.45) is 0 Å². The van der Waals surface area contributed by atoms with Crippen molar-refractivity contribution in [3.05, 3.63) is 41.7 Å². The van der Waals surface area contributed by atoms with Gasteiger partial charge in [0.1, 0.15) is 5.75 Å². The van der Waals surface area contributed by atoms with Crippen LogP contribution < -0.4 is 4.74 Å². The highest BCUT2D eigenvalue weighted by atomic mass is 31.2. The molecule has 6 nitrogen and oxygen atoms in total. The van der Waals surface area contributed by atoms with Gasteiger partial charge in [0.15, 0.2) is 0 Å². The average molecular weight is 439 g/mol. The maximum atomic E-state index is 11.7. The molecule has 0 N–H and O–H groups in total. The van der Waals surface area contributed by atoms with E-state index in [4.69, 9.17) is 23.0 Å². The molecule has 7 heteroatoms. The Balaban J connectivity index is 1.43. The van der Waals surface area contributed by atoms with Crippen LogP contribution in [0.1, 0.15) is 90.0 Å². The first kappa shape index (κ1) is 22.9. The van der Waals surface area contributed by atoms with Crippen molar-refractivity contribution in [2.45, 2.75) is 97.2 Å². The van der Waals surface area contributed by atoms with Gasteiger partial charge in [-0.1, -0.05) is 77.3 Å². The van der Waals surface area contributed by atoms with Crippen LogP contribution in [0.5, 0.6) is 5.75 Å². The molecule has 2 bridgehead atoms. The molecule has 3 aliphatic heterocycles. The predicted octanol–water partition coefficient (Wildman–Crippen LogP) is 7.59. The summed E-state index contributed by atoms with van der Waals surface area (Å²) in [5.74, 6) is 0.812. The number of phosphoric ester groups is 1. The number of hydrogen-bond acceptors (Lipinski definition) is 6. The molecule has 1 aromatic carbocycles. The molecule has 168 valence electrons. The maximum Gasteiger partial charge on any atom is 0.654 e. The molecule has 1 atom stereocenters. The van der Waals surface area contributed by atoms with E-state index in [1.165, 1.54) is 50.5 Å². The molecule has 0 aromatic heterocycles. The lowest BCUT2D eigenvalue weighted by Crippen LogP contribution is -2.20. The van der Waals surface area contributed by atoms with Crippen LogP contribution in [0, 0.1) is 0 Å². The highest BCUT2D eigenvalue weighted by Crippen LogP contribution is 2.70. The fraction of sp³-hybridized carbons (Fsp3) is 0.652. The van der Waals surface area contributed by atoms with Crippen molar-refractivity contribution < 1.29 is 27.6 Å². The molecule has 3 aliphatic rings. The SMILES string of the molecule is CCCCCCCCCc1ccc(OC(CCCCC)OC2=C3OP(=O)(O2)O3)cc1. The highest BCUT2D eigenvalue weighted by molar-refractivity contribution is 7.50. The lowest BCUT2D eigenvalue weighted by molar-refractivity contribution is -0.0803. The zero-order chi connectivity index (χ0) is 21.2. The Morgan fingerprint density at radius 1 is 0.800 bits per heavy atom. The molecular formula is C23H35O6P. The Morgan fingerprint density at radius 3 is 2.07 bits per heavy atom. The molecule has 3 heterocycles. The van der Waals surface area contributed by atoms with Crippen LogP contribution in [0.4, 0.5) is 0 Å². The molecule has 1 fully saturated rings. The van der Waals surface area contributed by atoms with E-state index in [9.17, 15) is 4.57 Å². The lowest BCUT2D eigenvalue weighted by atomic mass is 10.0. The van der Waals surface area contributed by atoms with Crippen LogP contribution in [0.15, 0.2) is 36.2 Å². The summed E-state index contributed by atoms with van der Waals surface area (Å²) < 4.78 is 38.4. The number of phosphoric acid groups is 1. The Kier molecular flexibility index (Phi) is 8.80. The first-order chi connectivity index (χ1) is 14.6. The first-order valence-corrected chi connectivity index (χ1v) is 12.9. The minimum absolute atomic E-state index is 0.0235. The topological polar surface area (TPSA) is 63.2 Å². The third-order valence-corrected chi connectivity index (χ3v) is 6.46. The summed E-state index contributed by atoms with van der Waals surface area (Å²) in [5, 5.41) is 0. The number of rotatable bonds is 16. The summed E-state index contributed by atoms with van der Waals surface area (Å²) in [7, 11) is -3.41. The Bertz CT molecular complexity index is 718. The number of ether oxygens (including phenoxy) is 2. The summed E-state index contributed by atoms with van der Waals surface area (Å²) in [6.07, 6.45) is 13.6. The largest absolute Gasteiger partial charge is 0.654 e. The second-order valence-corrected chi connectivity index (χ2v) is 9.41. The third-order valence-electron chi connectivity index (χ3n) is 5.29. The van der Waals surface area contributed by atoms with Crippen LogP contribution in [-0.2, 0) is 29.3 Å². The van der Waals surface area contributed by atoms with E-state index in [1.807, 2.05) is 12.1 Å². The van der Waals surface area contributed by atoms with Crippen molar-refractivity contribution in [2.75, 3.05) is 0 Å². The molecule has 1 aromatic rings. The summed E-state index contributed by atoms with van der Waals surface area (Å²) in [5.41, 5.74) is 1.32. The second-order valence-electron chi connectivity index (χ2n) is 7.97. The smallest absolute Gasteiger partial charge is 0.455 e. The van der Waals surface area contributed by atoms with E-state index in [1.54, 1.807) is 0 Å². The van der Waals surface area contributed by atoms with Gasteiger partial charge in [0.25, 0.3) is 0 Å². The molecule has 30 heavy (non-hydrogen) atoms. The van der Waals surface area contributed by atoms with E-state index in [0.717, 1.165) is 31.4 Å². The van der Waals surface area contributed by atoms with Crippen LogP contribution in [0.2, 0.25) is 0 Å². The van der Waals surface area contributed by atoms with Crippen molar-refractivity contribution >= 4 is 7.82 Å². The van der Waals surface area contributed by atoms with E-state index < -0.39 is 14.1 Å². The minimum Gasteiger partial charge on any atom is -0.455 e. The van der Waals surface area contributed by atoms with Crippen LogP contribution in [0.3, 0.4) is 0 Å². The van der Waals surface area contributed by atoms with Gasteiger partial charge in [0, 0.05) is 6.42 Å². The molecule has 1 saturated heterocycles. The monoisotopic (exact) mass is 438 g/mol. The summed E-state index contributed by atoms with van der Waals surface area (Å²) >= 11 is 0. The molecule has 0 radical (unpaired) electrons. The molecule has 0 aliphatic carbocycles. The summed E-state index contributed by atoms with van der Waals surface area (Å²) in [6, 6.07) is 8.19. The Hall–Kier alpha value is -1.81. The van der Waals surface area contributed by atoms with Gasteiger partial charge in [-0.05, 0) is 37.0 Å². The van der Waals surface area contributed by atoms with E-state index in [-0.39, 0.29) is 11.9 Å². The molecule has 0 spiro atoms. The van der Waals surface area contributed by atoms with Gasteiger partial charge in [-0.15, -0.1) is 0 Å². The van der Waals surface area contributed by atoms with E-state index in [2.05, 4.69) is 26.0 Å². The van der Waals surface area contributed by atoms with Gasteiger partial charge in [-0.2, -0.15) is 4.57 Å². The van der Waals surface area contributed by atoms with E-state index >= 15 is 0 Å². The third kappa shape index (κ3) is 6.87. The standard InChI is InChI=1S/C23H35O6P/c1-3-5-7-8-9-10-12-13-19-15-17-20(18-16-19)25-21(14-11-6-4-2)26-22-23-28-30(24,27-22)29-23/h15-18,21H,3-14H2,1-2H3.